The van der Waals surface area contributed by atoms with E-state index in [9.17, 15) is 4.39 Å². The molecule has 0 saturated heterocycles. The Hall–Kier alpha value is -2.01. The van der Waals surface area contributed by atoms with Crippen LogP contribution in [-0.2, 0) is 6.54 Å². The lowest BCUT2D eigenvalue weighted by molar-refractivity contribution is 0.410. The highest BCUT2D eigenvalue weighted by Gasteiger charge is 2.07. The number of anilines is 2. The molecule has 6 heteroatoms. The molecule has 4 nitrogen and oxygen atoms in total. The predicted molar refractivity (Wildman–Crippen MR) is 73.9 cm³/mol. The lowest BCUT2D eigenvalue weighted by Crippen LogP contribution is -2.05. The predicted octanol–water partition coefficient (Wildman–Crippen LogP) is 3.08. The number of hydrogen-bond donors (Lipinski definition) is 2. The summed E-state index contributed by atoms with van der Waals surface area (Å²) in [5.74, 6) is 0.306. The van der Waals surface area contributed by atoms with Gasteiger partial charge in [-0.2, -0.15) is 0 Å². The van der Waals surface area contributed by atoms with Crippen LogP contribution in [0.2, 0.25) is 5.02 Å². The highest BCUT2D eigenvalue weighted by molar-refractivity contribution is 6.30. The summed E-state index contributed by atoms with van der Waals surface area (Å²) in [5.41, 5.74) is 7.14. The van der Waals surface area contributed by atoms with Crippen LogP contribution >= 0.6 is 11.6 Å². The zero-order chi connectivity index (χ0) is 13.8. The number of benzene rings is 1. The lowest BCUT2D eigenvalue weighted by Gasteiger charge is -2.11. The first-order chi connectivity index (χ1) is 9.10. The number of ether oxygens (including phenoxy) is 1. The average molecular weight is 282 g/mol. The molecule has 0 bridgehead atoms. The van der Waals surface area contributed by atoms with Crippen molar-refractivity contribution in [3.63, 3.8) is 0 Å². The molecule has 19 heavy (non-hydrogen) atoms. The van der Waals surface area contributed by atoms with Crippen molar-refractivity contribution >= 4 is 23.1 Å². The first-order valence-electron chi connectivity index (χ1n) is 5.57. The molecule has 2 aromatic rings. The largest absolute Gasteiger partial charge is 0.496 e. The Morgan fingerprint density at radius 1 is 1.42 bits per heavy atom. The molecule has 100 valence electrons. The standard InChI is InChI=1S/C13H13ClFN3O/c1-19-12-3-2-10(16)4-8(12)6-17-13-11(15)5-9(14)7-18-13/h2-5,7H,6,16H2,1H3,(H,17,18). The van der Waals surface area contributed by atoms with Crippen LogP contribution in [0.15, 0.2) is 30.5 Å². The molecule has 0 aliphatic heterocycles. The second kappa shape index (κ2) is 5.75. The van der Waals surface area contributed by atoms with Gasteiger partial charge in [-0.25, -0.2) is 9.37 Å². The van der Waals surface area contributed by atoms with Crippen molar-refractivity contribution in [2.75, 3.05) is 18.2 Å². The van der Waals surface area contributed by atoms with E-state index in [0.717, 1.165) is 5.56 Å². The van der Waals surface area contributed by atoms with Gasteiger partial charge < -0.3 is 15.8 Å². The van der Waals surface area contributed by atoms with Crippen molar-refractivity contribution in [1.29, 1.82) is 0 Å². The Balaban J connectivity index is 2.16. The quantitative estimate of drug-likeness (QED) is 0.846. The van der Waals surface area contributed by atoms with E-state index in [1.807, 2.05) is 0 Å². The Bertz CT molecular complexity index is 592. The molecule has 0 aliphatic rings. The fraction of sp³-hybridized carbons (Fsp3) is 0.154. The summed E-state index contributed by atoms with van der Waals surface area (Å²) < 4.78 is 18.8. The van der Waals surface area contributed by atoms with Gasteiger partial charge in [-0.05, 0) is 24.3 Å². The molecule has 2 rings (SSSR count). The fourth-order valence-corrected chi connectivity index (χ4v) is 1.80. The summed E-state index contributed by atoms with van der Waals surface area (Å²) in [6, 6.07) is 6.47. The minimum atomic E-state index is -0.504. The van der Waals surface area contributed by atoms with Gasteiger partial charge in [-0.15, -0.1) is 0 Å². The first-order valence-corrected chi connectivity index (χ1v) is 5.95. The molecule has 0 atom stereocenters. The van der Waals surface area contributed by atoms with Crippen molar-refractivity contribution in [1.82, 2.24) is 4.98 Å². The SMILES string of the molecule is COc1ccc(N)cc1CNc1ncc(Cl)cc1F. The Kier molecular flexibility index (Phi) is 4.06. The summed E-state index contributed by atoms with van der Waals surface area (Å²) in [6.07, 6.45) is 1.38. The van der Waals surface area contributed by atoms with Crippen LogP contribution in [-0.4, -0.2) is 12.1 Å². The molecule has 0 spiro atoms. The van der Waals surface area contributed by atoms with Gasteiger partial charge in [0.1, 0.15) is 5.75 Å². The van der Waals surface area contributed by atoms with Gasteiger partial charge in [0.05, 0.1) is 12.1 Å². The van der Waals surface area contributed by atoms with Crippen LogP contribution in [0.1, 0.15) is 5.56 Å². The Morgan fingerprint density at radius 3 is 2.89 bits per heavy atom. The normalized spacial score (nSPS) is 10.3. The van der Waals surface area contributed by atoms with Crippen molar-refractivity contribution < 1.29 is 9.13 Å². The third-order valence-corrected chi connectivity index (χ3v) is 2.77. The number of aromatic nitrogens is 1. The van der Waals surface area contributed by atoms with Crippen LogP contribution in [0.25, 0.3) is 0 Å². The van der Waals surface area contributed by atoms with Gasteiger partial charge in [-0.3, -0.25) is 0 Å². The molecule has 3 N–H and O–H groups in total. The minimum absolute atomic E-state index is 0.133. The van der Waals surface area contributed by atoms with Gasteiger partial charge in [0.25, 0.3) is 0 Å². The first kappa shape index (κ1) is 13.4. The van der Waals surface area contributed by atoms with Gasteiger partial charge in [0.2, 0.25) is 0 Å². The molecular formula is C13H13ClFN3O. The van der Waals surface area contributed by atoms with Crippen LogP contribution < -0.4 is 15.8 Å². The molecular weight excluding hydrogens is 269 g/mol. The molecule has 0 unspecified atom stereocenters. The zero-order valence-electron chi connectivity index (χ0n) is 10.3. The monoisotopic (exact) mass is 281 g/mol. The van der Waals surface area contributed by atoms with E-state index in [0.29, 0.717) is 18.0 Å². The molecule has 1 aromatic heterocycles. The van der Waals surface area contributed by atoms with E-state index < -0.39 is 5.82 Å². The lowest BCUT2D eigenvalue weighted by atomic mass is 10.1. The number of hydrogen-bond acceptors (Lipinski definition) is 4. The van der Waals surface area contributed by atoms with Gasteiger partial charge >= 0.3 is 0 Å². The average Bonchev–Trinajstić information content (AvgIpc) is 2.38. The Labute approximate surface area is 115 Å². The molecule has 1 aromatic carbocycles. The topological polar surface area (TPSA) is 60.2 Å². The van der Waals surface area contributed by atoms with E-state index in [1.54, 1.807) is 25.3 Å². The number of halogens is 2. The number of nitrogens with two attached hydrogens (primary N) is 1. The third kappa shape index (κ3) is 3.26. The molecule has 0 amide bonds. The zero-order valence-corrected chi connectivity index (χ0v) is 11.0. The molecule has 0 fully saturated rings. The highest BCUT2D eigenvalue weighted by atomic mass is 35.5. The number of nitrogen functional groups attached to an aromatic ring is 1. The van der Waals surface area contributed by atoms with E-state index in [4.69, 9.17) is 22.1 Å². The van der Waals surface area contributed by atoms with Crippen molar-refractivity contribution in [2.24, 2.45) is 0 Å². The maximum Gasteiger partial charge on any atom is 0.166 e. The van der Waals surface area contributed by atoms with Gasteiger partial charge in [0, 0.05) is 24.0 Å². The molecule has 0 radical (unpaired) electrons. The van der Waals surface area contributed by atoms with Crippen LogP contribution in [0.4, 0.5) is 15.9 Å². The van der Waals surface area contributed by atoms with E-state index >= 15 is 0 Å². The smallest absolute Gasteiger partial charge is 0.166 e. The summed E-state index contributed by atoms with van der Waals surface area (Å²) in [6.45, 7) is 0.347. The van der Waals surface area contributed by atoms with E-state index in [1.165, 1.54) is 12.3 Å². The number of methoxy groups -OCH3 is 1. The van der Waals surface area contributed by atoms with E-state index in [2.05, 4.69) is 10.3 Å². The van der Waals surface area contributed by atoms with Crippen molar-refractivity contribution in [3.05, 3.63) is 46.9 Å². The molecule has 0 aliphatic carbocycles. The van der Waals surface area contributed by atoms with Gasteiger partial charge in [0.15, 0.2) is 11.6 Å². The van der Waals surface area contributed by atoms with Crippen LogP contribution in [0.5, 0.6) is 5.75 Å². The Morgan fingerprint density at radius 2 is 2.21 bits per heavy atom. The maximum atomic E-state index is 13.5. The summed E-state index contributed by atoms with van der Waals surface area (Å²) in [7, 11) is 1.57. The highest BCUT2D eigenvalue weighted by Crippen LogP contribution is 2.23. The number of pyridine rings is 1. The second-order valence-corrected chi connectivity index (χ2v) is 4.35. The third-order valence-electron chi connectivity index (χ3n) is 2.56. The second-order valence-electron chi connectivity index (χ2n) is 3.91. The number of nitrogens with zero attached hydrogens (tertiary/aromatic N) is 1. The van der Waals surface area contributed by atoms with Crippen molar-refractivity contribution in [2.45, 2.75) is 6.54 Å². The fourth-order valence-electron chi connectivity index (χ4n) is 1.66. The summed E-state index contributed by atoms with van der Waals surface area (Å²) in [5, 5.41) is 3.13. The van der Waals surface area contributed by atoms with Crippen LogP contribution in [0, 0.1) is 5.82 Å². The van der Waals surface area contributed by atoms with E-state index in [-0.39, 0.29) is 10.8 Å². The van der Waals surface area contributed by atoms with Gasteiger partial charge in [-0.1, -0.05) is 11.6 Å². The summed E-state index contributed by atoms with van der Waals surface area (Å²) >= 11 is 5.64. The summed E-state index contributed by atoms with van der Waals surface area (Å²) in [4.78, 5) is 3.88. The minimum Gasteiger partial charge on any atom is -0.496 e. The maximum absolute atomic E-state index is 13.5. The molecule has 0 saturated carbocycles. The van der Waals surface area contributed by atoms with Crippen molar-refractivity contribution in [3.8, 4) is 5.75 Å². The number of nitrogens with one attached hydrogen (secondary N) is 1. The molecule has 1 heterocycles. The van der Waals surface area contributed by atoms with Crippen LogP contribution in [0.3, 0.4) is 0 Å². The number of rotatable bonds is 4.